The summed E-state index contributed by atoms with van der Waals surface area (Å²) in [4.78, 5) is 27.3. The number of hydrogen-bond acceptors (Lipinski definition) is 6. The summed E-state index contributed by atoms with van der Waals surface area (Å²) in [5, 5.41) is 4.14. The average molecular weight is 364 g/mol. The standard InChI is InChI=1S/C20H24N6O/c1-12(2)26(4)19(27)14-8-9-15-17(11-14)24-20(21)25-18(15)23-13(3)16-7-5-6-10-22-16/h5-13H,1-4H3,(H3,21,23,24,25). The van der Waals surface area contributed by atoms with Crippen LogP contribution in [0.3, 0.4) is 0 Å². The molecule has 0 fully saturated rings. The quantitative estimate of drug-likeness (QED) is 0.721. The molecule has 0 saturated carbocycles. The van der Waals surface area contributed by atoms with E-state index in [0.717, 1.165) is 11.1 Å². The molecule has 27 heavy (non-hydrogen) atoms. The van der Waals surface area contributed by atoms with Gasteiger partial charge < -0.3 is 16.0 Å². The molecule has 0 radical (unpaired) electrons. The van der Waals surface area contributed by atoms with Crippen LogP contribution in [0.5, 0.6) is 0 Å². The summed E-state index contributed by atoms with van der Waals surface area (Å²) >= 11 is 0. The molecule has 1 amide bonds. The van der Waals surface area contributed by atoms with E-state index < -0.39 is 0 Å². The fourth-order valence-electron chi connectivity index (χ4n) is 2.74. The predicted octanol–water partition coefficient (Wildman–Crippen LogP) is 3.26. The van der Waals surface area contributed by atoms with Gasteiger partial charge in [-0.3, -0.25) is 9.78 Å². The number of aromatic nitrogens is 3. The molecule has 7 nitrogen and oxygen atoms in total. The zero-order valence-electron chi connectivity index (χ0n) is 16.0. The van der Waals surface area contributed by atoms with Gasteiger partial charge in [0.2, 0.25) is 5.95 Å². The number of carbonyl (C=O) groups excluding carboxylic acids is 1. The van der Waals surface area contributed by atoms with Crippen LogP contribution in [0.4, 0.5) is 11.8 Å². The Labute approximate surface area is 158 Å². The minimum absolute atomic E-state index is 0.0551. The first-order valence-corrected chi connectivity index (χ1v) is 8.88. The van der Waals surface area contributed by atoms with Crippen LogP contribution in [0.15, 0.2) is 42.6 Å². The van der Waals surface area contributed by atoms with Crippen molar-refractivity contribution in [2.75, 3.05) is 18.1 Å². The molecule has 0 bridgehead atoms. The van der Waals surface area contributed by atoms with Crippen molar-refractivity contribution in [1.29, 1.82) is 0 Å². The lowest BCUT2D eigenvalue weighted by Gasteiger charge is -2.21. The number of fused-ring (bicyclic) bond motifs is 1. The van der Waals surface area contributed by atoms with Gasteiger partial charge in [0.1, 0.15) is 5.82 Å². The summed E-state index contributed by atoms with van der Waals surface area (Å²) in [6, 6.07) is 11.2. The Morgan fingerprint density at radius 3 is 2.59 bits per heavy atom. The van der Waals surface area contributed by atoms with E-state index in [2.05, 4.69) is 20.3 Å². The molecule has 1 atom stereocenters. The number of nitrogens with zero attached hydrogens (tertiary/aromatic N) is 4. The average Bonchev–Trinajstić information content (AvgIpc) is 2.66. The third-order valence-electron chi connectivity index (χ3n) is 4.54. The van der Waals surface area contributed by atoms with Gasteiger partial charge in [-0.15, -0.1) is 0 Å². The lowest BCUT2D eigenvalue weighted by atomic mass is 10.1. The van der Waals surface area contributed by atoms with Crippen molar-refractivity contribution < 1.29 is 4.79 Å². The minimum atomic E-state index is -0.0583. The lowest BCUT2D eigenvalue weighted by Crippen LogP contribution is -2.32. The van der Waals surface area contributed by atoms with Crippen LogP contribution in [0.1, 0.15) is 42.9 Å². The molecule has 0 saturated heterocycles. The summed E-state index contributed by atoms with van der Waals surface area (Å²) < 4.78 is 0. The summed E-state index contributed by atoms with van der Waals surface area (Å²) in [5.74, 6) is 0.715. The van der Waals surface area contributed by atoms with E-state index in [9.17, 15) is 4.79 Å². The number of nitrogens with two attached hydrogens (primary N) is 1. The molecule has 0 aliphatic carbocycles. The molecule has 0 aliphatic heterocycles. The Morgan fingerprint density at radius 2 is 1.93 bits per heavy atom. The van der Waals surface area contributed by atoms with Crippen LogP contribution in [0.2, 0.25) is 0 Å². The van der Waals surface area contributed by atoms with Gasteiger partial charge in [0.15, 0.2) is 0 Å². The van der Waals surface area contributed by atoms with Gasteiger partial charge in [0.25, 0.3) is 5.91 Å². The van der Waals surface area contributed by atoms with Crippen LogP contribution < -0.4 is 11.1 Å². The first-order chi connectivity index (χ1) is 12.9. The molecule has 0 aliphatic rings. The molecule has 140 valence electrons. The normalized spacial score (nSPS) is 12.2. The molecule has 2 heterocycles. The number of nitrogen functional groups attached to an aromatic ring is 1. The van der Waals surface area contributed by atoms with Crippen LogP contribution in [-0.2, 0) is 0 Å². The Balaban J connectivity index is 1.96. The van der Waals surface area contributed by atoms with Crippen molar-refractivity contribution in [3.8, 4) is 0 Å². The summed E-state index contributed by atoms with van der Waals surface area (Å²) in [5.41, 5.74) is 7.99. The van der Waals surface area contributed by atoms with Gasteiger partial charge in [0.05, 0.1) is 17.3 Å². The molecule has 3 N–H and O–H groups in total. The fraction of sp³-hybridized carbons (Fsp3) is 0.300. The Kier molecular flexibility index (Phi) is 5.21. The third-order valence-corrected chi connectivity index (χ3v) is 4.54. The van der Waals surface area contributed by atoms with Crippen LogP contribution in [0.25, 0.3) is 10.9 Å². The maximum Gasteiger partial charge on any atom is 0.253 e. The highest BCUT2D eigenvalue weighted by molar-refractivity contribution is 6.00. The SMILES string of the molecule is CC(Nc1nc(N)nc2cc(C(=O)N(C)C(C)C)ccc12)c1ccccn1. The smallest absolute Gasteiger partial charge is 0.253 e. The number of nitrogens with one attached hydrogen (secondary N) is 1. The maximum atomic E-state index is 12.6. The van der Waals surface area contributed by atoms with E-state index in [0.29, 0.717) is 16.9 Å². The number of benzene rings is 1. The number of amides is 1. The van der Waals surface area contributed by atoms with E-state index in [1.165, 1.54) is 0 Å². The van der Waals surface area contributed by atoms with E-state index >= 15 is 0 Å². The van der Waals surface area contributed by atoms with E-state index in [1.54, 1.807) is 30.3 Å². The Hall–Kier alpha value is -3.22. The topological polar surface area (TPSA) is 97.0 Å². The van der Waals surface area contributed by atoms with Gasteiger partial charge in [-0.25, -0.2) is 4.98 Å². The number of anilines is 2. The molecule has 3 rings (SSSR count). The van der Waals surface area contributed by atoms with Gasteiger partial charge in [-0.1, -0.05) is 6.07 Å². The zero-order chi connectivity index (χ0) is 19.6. The summed E-state index contributed by atoms with van der Waals surface area (Å²) in [6.45, 7) is 5.95. The molecule has 2 aromatic heterocycles. The number of hydrogen-bond donors (Lipinski definition) is 2. The van der Waals surface area contributed by atoms with E-state index in [-0.39, 0.29) is 23.9 Å². The number of pyridine rings is 1. The third kappa shape index (κ3) is 3.97. The Bertz CT molecular complexity index is 957. The first kappa shape index (κ1) is 18.6. The van der Waals surface area contributed by atoms with Crippen molar-refractivity contribution in [1.82, 2.24) is 19.9 Å². The highest BCUT2D eigenvalue weighted by Crippen LogP contribution is 2.26. The van der Waals surface area contributed by atoms with Crippen LogP contribution in [-0.4, -0.2) is 38.8 Å². The summed E-state index contributed by atoms with van der Waals surface area (Å²) in [7, 11) is 1.78. The molecule has 0 spiro atoms. The van der Waals surface area contributed by atoms with E-state index in [4.69, 9.17) is 5.73 Å². The monoisotopic (exact) mass is 364 g/mol. The second-order valence-electron chi connectivity index (χ2n) is 6.79. The molecule has 7 heteroatoms. The number of carbonyl (C=O) groups is 1. The molecule has 1 aromatic carbocycles. The first-order valence-electron chi connectivity index (χ1n) is 8.88. The Morgan fingerprint density at radius 1 is 1.15 bits per heavy atom. The van der Waals surface area contributed by atoms with Gasteiger partial charge in [-0.2, -0.15) is 4.98 Å². The van der Waals surface area contributed by atoms with Crippen LogP contribution >= 0.6 is 0 Å². The largest absolute Gasteiger partial charge is 0.368 e. The molecule has 3 aromatic rings. The van der Waals surface area contributed by atoms with Crippen LogP contribution in [0, 0.1) is 0 Å². The lowest BCUT2D eigenvalue weighted by molar-refractivity contribution is 0.0755. The highest BCUT2D eigenvalue weighted by Gasteiger charge is 2.17. The molecular formula is C20H24N6O. The second-order valence-corrected chi connectivity index (χ2v) is 6.79. The fourth-order valence-corrected chi connectivity index (χ4v) is 2.74. The summed E-state index contributed by atoms with van der Waals surface area (Å²) in [6.07, 6.45) is 1.75. The zero-order valence-corrected chi connectivity index (χ0v) is 16.0. The van der Waals surface area contributed by atoms with Gasteiger partial charge >= 0.3 is 0 Å². The van der Waals surface area contributed by atoms with Crippen molar-refractivity contribution in [3.63, 3.8) is 0 Å². The van der Waals surface area contributed by atoms with Crippen molar-refractivity contribution in [2.24, 2.45) is 0 Å². The van der Waals surface area contributed by atoms with Gasteiger partial charge in [0, 0.05) is 30.2 Å². The maximum absolute atomic E-state index is 12.6. The predicted molar refractivity (Wildman–Crippen MR) is 107 cm³/mol. The van der Waals surface area contributed by atoms with Crippen molar-refractivity contribution >= 4 is 28.6 Å². The number of rotatable bonds is 5. The highest BCUT2D eigenvalue weighted by atomic mass is 16.2. The van der Waals surface area contributed by atoms with Crippen molar-refractivity contribution in [2.45, 2.75) is 32.9 Å². The molecular weight excluding hydrogens is 340 g/mol. The van der Waals surface area contributed by atoms with Gasteiger partial charge in [-0.05, 0) is 51.1 Å². The second kappa shape index (κ2) is 7.57. The van der Waals surface area contributed by atoms with Crippen molar-refractivity contribution in [3.05, 3.63) is 53.9 Å². The molecule has 1 unspecified atom stereocenters. The van der Waals surface area contributed by atoms with E-state index in [1.807, 2.05) is 45.0 Å². The minimum Gasteiger partial charge on any atom is -0.368 e.